The number of nitrogens with zero attached hydrogens (tertiary/aromatic N) is 3. The molecular weight excluding hydrogens is 424 g/mol. The van der Waals surface area contributed by atoms with Gasteiger partial charge in [-0.3, -0.25) is 4.90 Å². The number of likely N-dealkylation sites (tertiary alicyclic amines) is 1. The van der Waals surface area contributed by atoms with E-state index >= 15 is 0 Å². The highest BCUT2D eigenvalue weighted by molar-refractivity contribution is 9.10. The normalized spacial score (nSPS) is 17.2. The number of pyridine rings is 2. The molecule has 29 heavy (non-hydrogen) atoms. The molecule has 0 amide bonds. The van der Waals surface area contributed by atoms with Crippen LogP contribution in [-0.2, 0) is 6.54 Å². The smallest absolute Gasteiger partial charge is 0.138 e. The summed E-state index contributed by atoms with van der Waals surface area (Å²) in [6, 6.07) is 13.2. The van der Waals surface area contributed by atoms with Crippen molar-refractivity contribution in [1.29, 1.82) is 0 Å². The quantitative estimate of drug-likeness (QED) is 0.381. The van der Waals surface area contributed by atoms with Crippen molar-refractivity contribution in [3.63, 3.8) is 0 Å². The molecule has 148 valence electrons. The standard InChI is InChI=1S/C24H25BrN4/c1-24(2)7-9-29(10-8-24)15-16-3-5-17(6-4-16)18-11-20-19-12-22(25)26-14-21(19)28-23(20)27-13-18/h3-6,11-14H,7-10,15H2,1-2H3,(H,27,28). The van der Waals surface area contributed by atoms with E-state index in [0.29, 0.717) is 5.41 Å². The number of nitrogens with one attached hydrogen (secondary N) is 1. The molecule has 0 saturated carbocycles. The van der Waals surface area contributed by atoms with Gasteiger partial charge in [-0.1, -0.05) is 38.1 Å². The SMILES string of the molecule is CC1(C)CCN(Cc2ccc(-c3cnc4[nH]c5cnc(Br)cc5c4c3)cc2)CC1. The van der Waals surface area contributed by atoms with Crippen LogP contribution in [0.2, 0.25) is 0 Å². The summed E-state index contributed by atoms with van der Waals surface area (Å²) < 4.78 is 0.835. The third-order valence-electron chi connectivity index (χ3n) is 6.20. The van der Waals surface area contributed by atoms with Crippen LogP contribution in [0.5, 0.6) is 0 Å². The Kier molecular flexibility index (Phi) is 4.67. The predicted molar refractivity (Wildman–Crippen MR) is 123 cm³/mol. The molecule has 1 aliphatic heterocycles. The van der Waals surface area contributed by atoms with Crippen molar-refractivity contribution in [2.45, 2.75) is 33.2 Å². The molecule has 3 aromatic heterocycles. The van der Waals surface area contributed by atoms with Crippen LogP contribution < -0.4 is 0 Å². The summed E-state index contributed by atoms with van der Waals surface area (Å²) >= 11 is 3.47. The minimum atomic E-state index is 0.500. The molecule has 1 aromatic carbocycles. The van der Waals surface area contributed by atoms with Gasteiger partial charge in [0.15, 0.2) is 0 Å². The zero-order chi connectivity index (χ0) is 20.0. The second kappa shape index (κ2) is 7.22. The van der Waals surface area contributed by atoms with Gasteiger partial charge in [0.2, 0.25) is 0 Å². The highest BCUT2D eigenvalue weighted by Crippen LogP contribution is 2.31. The Balaban J connectivity index is 1.39. The first-order valence-corrected chi connectivity index (χ1v) is 11.0. The molecule has 0 spiro atoms. The second-order valence-corrected chi connectivity index (χ2v) is 9.75. The summed E-state index contributed by atoms with van der Waals surface area (Å²) in [6.07, 6.45) is 6.36. The van der Waals surface area contributed by atoms with E-state index in [2.05, 4.69) is 80.0 Å². The Bertz CT molecular complexity index is 1170. The summed E-state index contributed by atoms with van der Waals surface area (Å²) in [7, 11) is 0. The molecule has 0 unspecified atom stereocenters. The fourth-order valence-electron chi connectivity index (χ4n) is 4.18. The van der Waals surface area contributed by atoms with E-state index in [0.717, 1.165) is 38.6 Å². The van der Waals surface area contributed by atoms with E-state index < -0.39 is 0 Å². The summed E-state index contributed by atoms with van der Waals surface area (Å²) in [5, 5.41) is 2.27. The predicted octanol–water partition coefficient (Wildman–Crippen LogP) is 6.16. The van der Waals surface area contributed by atoms with Gasteiger partial charge in [0.25, 0.3) is 0 Å². The van der Waals surface area contributed by atoms with Crippen LogP contribution in [0.15, 0.2) is 53.4 Å². The maximum atomic E-state index is 4.65. The molecule has 0 bridgehead atoms. The van der Waals surface area contributed by atoms with E-state index in [1.807, 2.05) is 18.5 Å². The van der Waals surface area contributed by atoms with Crippen LogP contribution in [0.3, 0.4) is 0 Å². The monoisotopic (exact) mass is 448 g/mol. The van der Waals surface area contributed by atoms with Gasteiger partial charge in [-0.2, -0.15) is 0 Å². The fraction of sp³-hybridized carbons (Fsp3) is 0.333. The number of rotatable bonds is 3. The zero-order valence-corrected chi connectivity index (χ0v) is 18.5. The largest absolute Gasteiger partial charge is 0.338 e. The molecule has 1 aliphatic rings. The molecule has 5 rings (SSSR count). The number of benzene rings is 1. The first kappa shape index (κ1) is 18.8. The molecule has 4 aromatic rings. The summed E-state index contributed by atoms with van der Waals surface area (Å²) in [6.45, 7) is 8.19. The summed E-state index contributed by atoms with van der Waals surface area (Å²) in [5.74, 6) is 0. The van der Waals surface area contributed by atoms with Gasteiger partial charge in [-0.25, -0.2) is 9.97 Å². The van der Waals surface area contributed by atoms with Crippen LogP contribution in [-0.4, -0.2) is 32.9 Å². The van der Waals surface area contributed by atoms with E-state index in [-0.39, 0.29) is 0 Å². The van der Waals surface area contributed by atoms with Crippen LogP contribution in [0.1, 0.15) is 32.3 Å². The van der Waals surface area contributed by atoms with Gasteiger partial charge in [0.05, 0.1) is 11.7 Å². The number of H-pyrrole nitrogens is 1. The van der Waals surface area contributed by atoms with Gasteiger partial charge in [0, 0.05) is 29.1 Å². The molecule has 0 aliphatic carbocycles. The second-order valence-electron chi connectivity index (χ2n) is 8.94. The molecule has 0 radical (unpaired) electrons. The molecular formula is C24H25BrN4. The fourth-order valence-corrected chi connectivity index (χ4v) is 4.52. The number of hydrogen-bond donors (Lipinski definition) is 1. The minimum absolute atomic E-state index is 0.500. The highest BCUT2D eigenvalue weighted by atomic mass is 79.9. The number of aromatic amines is 1. The van der Waals surface area contributed by atoms with Crippen LogP contribution >= 0.6 is 15.9 Å². The Morgan fingerprint density at radius 1 is 0.966 bits per heavy atom. The van der Waals surface area contributed by atoms with Crippen LogP contribution in [0, 0.1) is 5.41 Å². The third kappa shape index (κ3) is 3.81. The van der Waals surface area contributed by atoms with Crippen molar-refractivity contribution in [3.8, 4) is 11.1 Å². The van der Waals surface area contributed by atoms with Crippen molar-refractivity contribution in [1.82, 2.24) is 19.9 Å². The lowest BCUT2D eigenvalue weighted by atomic mass is 9.82. The lowest BCUT2D eigenvalue weighted by molar-refractivity contribution is 0.127. The number of piperidine rings is 1. The maximum Gasteiger partial charge on any atom is 0.138 e. The first-order valence-electron chi connectivity index (χ1n) is 10.2. The van der Waals surface area contributed by atoms with Crippen molar-refractivity contribution in [3.05, 3.63) is 59.0 Å². The Morgan fingerprint density at radius 2 is 1.72 bits per heavy atom. The third-order valence-corrected chi connectivity index (χ3v) is 6.64. The lowest BCUT2D eigenvalue weighted by Gasteiger charge is -2.36. The zero-order valence-electron chi connectivity index (χ0n) is 16.9. The molecule has 1 saturated heterocycles. The minimum Gasteiger partial charge on any atom is -0.338 e. The van der Waals surface area contributed by atoms with E-state index in [4.69, 9.17) is 0 Å². The van der Waals surface area contributed by atoms with Gasteiger partial charge < -0.3 is 4.98 Å². The van der Waals surface area contributed by atoms with Gasteiger partial charge in [-0.05, 0) is 70.5 Å². The van der Waals surface area contributed by atoms with Crippen molar-refractivity contribution >= 4 is 37.9 Å². The molecule has 1 N–H and O–H groups in total. The van der Waals surface area contributed by atoms with Crippen LogP contribution in [0.25, 0.3) is 33.1 Å². The first-order chi connectivity index (χ1) is 14.0. The topological polar surface area (TPSA) is 44.8 Å². The summed E-state index contributed by atoms with van der Waals surface area (Å²) in [4.78, 5) is 14.9. The molecule has 5 heteroatoms. The Labute approximate surface area is 179 Å². The molecule has 4 heterocycles. The van der Waals surface area contributed by atoms with Crippen LogP contribution in [0.4, 0.5) is 0 Å². The van der Waals surface area contributed by atoms with Gasteiger partial charge in [0.1, 0.15) is 10.3 Å². The van der Waals surface area contributed by atoms with Crippen molar-refractivity contribution < 1.29 is 0 Å². The Hall–Kier alpha value is -2.24. The average Bonchev–Trinajstić information content (AvgIpc) is 3.07. The molecule has 0 atom stereocenters. The summed E-state index contributed by atoms with van der Waals surface area (Å²) in [5.41, 5.74) is 6.12. The van der Waals surface area contributed by atoms with E-state index in [1.165, 1.54) is 37.1 Å². The Morgan fingerprint density at radius 3 is 2.48 bits per heavy atom. The van der Waals surface area contributed by atoms with Gasteiger partial charge >= 0.3 is 0 Å². The van der Waals surface area contributed by atoms with Crippen molar-refractivity contribution in [2.24, 2.45) is 5.41 Å². The maximum absolute atomic E-state index is 4.65. The van der Waals surface area contributed by atoms with Crippen molar-refractivity contribution in [2.75, 3.05) is 13.1 Å². The lowest BCUT2D eigenvalue weighted by Crippen LogP contribution is -2.36. The average molecular weight is 449 g/mol. The molecule has 4 nitrogen and oxygen atoms in total. The highest BCUT2D eigenvalue weighted by Gasteiger charge is 2.25. The van der Waals surface area contributed by atoms with Gasteiger partial charge in [-0.15, -0.1) is 0 Å². The number of halogens is 1. The number of fused-ring (bicyclic) bond motifs is 3. The number of aromatic nitrogens is 3. The van der Waals surface area contributed by atoms with E-state index in [1.54, 1.807) is 0 Å². The number of hydrogen-bond acceptors (Lipinski definition) is 3. The van der Waals surface area contributed by atoms with E-state index in [9.17, 15) is 0 Å². The molecule has 1 fully saturated rings.